The molecule has 50 heavy (non-hydrogen) atoms. The number of carbonyl (C=O) groups is 1. The molecule has 1 aliphatic heterocycles. The van der Waals surface area contributed by atoms with Crippen LogP contribution in [0.15, 0.2) is 132 Å². The first kappa shape index (κ1) is 33.1. The van der Waals surface area contributed by atoms with E-state index in [0.29, 0.717) is 5.56 Å². The highest BCUT2D eigenvalue weighted by Crippen LogP contribution is 2.42. The SMILES string of the molecule is COC(=O)c1ccc(N2B(c3c(C)cc(C)cc3C)C(/C=C/c3ccccc3)=C(c3ccccc3C)C=C2c2ccc3sccc3c2)cc1C. The van der Waals surface area contributed by atoms with Crippen molar-refractivity contribution in [3.8, 4) is 0 Å². The third kappa shape index (κ3) is 6.26. The number of methoxy groups -OCH3 is 1. The number of aryl methyl sites for hydroxylation is 5. The number of hydrogen-bond acceptors (Lipinski definition) is 4. The first-order valence-corrected chi connectivity index (χ1v) is 17.9. The Bertz CT molecular complexity index is 2320. The number of benzene rings is 5. The van der Waals surface area contributed by atoms with Crippen LogP contribution in [-0.2, 0) is 4.74 Å². The van der Waals surface area contributed by atoms with Crippen LogP contribution in [0.5, 0.6) is 0 Å². The molecule has 1 aromatic heterocycles. The summed E-state index contributed by atoms with van der Waals surface area (Å²) in [5.41, 5.74) is 15.6. The molecule has 0 spiro atoms. The molecule has 0 radical (unpaired) electrons. The van der Waals surface area contributed by atoms with Crippen LogP contribution in [-0.4, -0.2) is 19.9 Å². The van der Waals surface area contributed by atoms with E-state index >= 15 is 0 Å². The molecule has 3 nitrogen and oxygen atoms in total. The molecule has 246 valence electrons. The molecule has 5 aromatic carbocycles. The predicted octanol–water partition coefficient (Wildman–Crippen LogP) is 10.7. The van der Waals surface area contributed by atoms with Gasteiger partial charge in [0.25, 0.3) is 0 Å². The van der Waals surface area contributed by atoms with Crippen molar-refractivity contribution in [1.29, 1.82) is 0 Å². The highest BCUT2D eigenvalue weighted by molar-refractivity contribution is 7.17. The lowest BCUT2D eigenvalue weighted by atomic mass is 9.43. The van der Waals surface area contributed by atoms with Gasteiger partial charge in [-0.1, -0.05) is 102 Å². The second-order valence-corrected chi connectivity index (χ2v) is 14.2. The summed E-state index contributed by atoms with van der Waals surface area (Å²) < 4.78 is 6.41. The zero-order chi connectivity index (χ0) is 34.9. The van der Waals surface area contributed by atoms with Gasteiger partial charge < -0.3 is 9.55 Å². The maximum atomic E-state index is 12.8. The number of fused-ring (bicyclic) bond motifs is 1. The number of hydrogen-bond donors (Lipinski definition) is 0. The van der Waals surface area contributed by atoms with Crippen LogP contribution in [0.25, 0.3) is 27.4 Å². The molecule has 0 saturated heterocycles. The molecule has 0 atom stereocenters. The first-order chi connectivity index (χ1) is 24.2. The number of esters is 1. The molecule has 6 aromatic rings. The minimum absolute atomic E-state index is 0.188. The lowest BCUT2D eigenvalue weighted by Gasteiger charge is -2.40. The molecule has 1 aliphatic rings. The second-order valence-electron chi connectivity index (χ2n) is 13.2. The predicted molar refractivity (Wildman–Crippen MR) is 214 cm³/mol. The summed E-state index contributed by atoms with van der Waals surface area (Å²) in [7, 11) is 1.43. The third-order valence-electron chi connectivity index (χ3n) is 9.75. The molecule has 0 saturated carbocycles. The van der Waals surface area contributed by atoms with Gasteiger partial charge in [0.1, 0.15) is 0 Å². The van der Waals surface area contributed by atoms with Crippen molar-refractivity contribution in [2.45, 2.75) is 34.6 Å². The number of anilines is 1. The van der Waals surface area contributed by atoms with Gasteiger partial charge in [0, 0.05) is 16.1 Å². The van der Waals surface area contributed by atoms with Crippen LogP contribution in [0.4, 0.5) is 5.69 Å². The Hall–Kier alpha value is -5.39. The zero-order valence-corrected chi connectivity index (χ0v) is 30.3. The van der Waals surface area contributed by atoms with E-state index in [1.54, 1.807) is 11.3 Å². The Morgan fingerprint density at radius 3 is 2.20 bits per heavy atom. The molecule has 2 heterocycles. The number of rotatable bonds is 7. The van der Waals surface area contributed by atoms with Crippen molar-refractivity contribution < 1.29 is 9.53 Å². The van der Waals surface area contributed by atoms with E-state index in [-0.39, 0.29) is 12.8 Å². The van der Waals surface area contributed by atoms with Gasteiger partial charge in [-0.05, 0) is 132 Å². The van der Waals surface area contributed by atoms with E-state index in [1.807, 2.05) is 13.0 Å². The molecule has 0 aliphatic carbocycles. The number of carbonyl (C=O) groups excluding carboxylic acids is 1. The van der Waals surface area contributed by atoms with E-state index in [0.717, 1.165) is 28.1 Å². The molecular formula is C45H40BNO2S. The van der Waals surface area contributed by atoms with Crippen LogP contribution in [0, 0.1) is 34.6 Å². The highest BCUT2D eigenvalue weighted by atomic mass is 32.1. The van der Waals surface area contributed by atoms with Crippen LogP contribution in [0.2, 0.25) is 0 Å². The monoisotopic (exact) mass is 669 g/mol. The smallest absolute Gasteiger partial charge is 0.338 e. The second kappa shape index (κ2) is 13.9. The molecule has 0 bridgehead atoms. The summed E-state index contributed by atoms with van der Waals surface area (Å²) in [5.74, 6) is -0.332. The molecule has 0 fully saturated rings. The zero-order valence-electron chi connectivity index (χ0n) is 29.5. The van der Waals surface area contributed by atoms with Gasteiger partial charge in [-0.15, -0.1) is 11.3 Å². The van der Waals surface area contributed by atoms with Gasteiger partial charge in [-0.25, -0.2) is 4.79 Å². The summed E-state index contributed by atoms with van der Waals surface area (Å²) in [6.45, 7) is 10.6. The van der Waals surface area contributed by atoms with Gasteiger partial charge in [0.15, 0.2) is 0 Å². The summed E-state index contributed by atoms with van der Waals surface area (Å²) in [6.07, 6.45) is 6.93. The standard InChI is InChI=1S/C45H40BNO2S/c1-29-24-32(4)44(33(5)25-29)46-41(20-16-34-13-8-7-9-14-34)40(38-15-11-10-12-30(38)2)28-42(35-17-21-43-36(27-35)22-23-50-43)47(46)37-18-19-39(31(3)26-37)45(48)49-6/h7-28H,1-6H3/b20-16+. The number of ether oxygens (including phenoxy) is 1. The molecule has 0 N–H and O–H groups in total. The van der Waals surface area contributed by atoms with E-state index < -0.39 is 0 Å². The number of nitrogens with zero attached hydrogens (tertiary/aromatic N) is 1. The number of allylic oxidation sites excluding steroid dienone is 4. The summed E-state index contributed by atoms with van der Waals surface area (Å²) in [4.78, 5) is 15.2. The van der Waals surface area contributed by atoms with Gasteiger partial charge in [-0.3, -0.25) is 0 Å². The molecule has 0 unspecified atom stereocenters. The Labute approximate surface area is 300 Å². The van der Waals surface area contributed by atoms with E-state index in [4.69, 9.17) is 4.74 Å². The Balaban J connectivity index is 1.60. The number of thiophene rings is 1. The Morgan fingerprint density at radius 1 is 0.740 bits per heavy atom. The molecule has 0 amide bonds. The minimum atomic E-state index is -0.332. The molecule has 5 heteroatoms. The van der Waals surface area contributed by atoms with Crippen LogP contribution in [0.3, 0.4) is 0 Å². The maximum absolute atomic E-state index is 12.8. The van der Waals surface area contributed by atoms with Crippen LogP contribution < -0.4 is 10.3 Å². The summed E-state index contributed by atoms with van der Waals surface area (Å²) in [6, 6.07) is 38.9. The van der Waals surface area contributed by atoms with E-state index in [2.05, 4.69) is 159 Å². The van der Waals surface area contributed by atoms with Crippen molar-refractivity contribution in [3.63, 3.8) is 0 Å². The average Bonchev–Trinajstić information content (AvgIpc) is 3.59. The van der Waals surface area contributed by atoms with Crippen molar-refractivity contribution in [1.82, 2.24) is 0 Å². The molecule has 7 rings (SSSR count). The van der Waals surface area contributed by atoms with Gasteiger partial charge in [0.05, 0.1) is 12.7 Å². The van der Waals surface area contributed by atoms with Gasteiger partial charge >= 0.3 is 12.8 Å². The average molecular weight is 670 g/mol. The van der Waals surface area contributed by atoms with Gasteiger partial charge in [0.2, 0.25) is 0 Å². The Kier molecular flexibility index (Phi) is 9.18. The van der Waals surface area contributed by atoms with Crippen molar-refractivity contribution in [2.24, 2.45) is 0 Å². The fraction of sp³-hybridized carbons (Fsp3) is 0.133. The third-order valence-corrected chi connectivity index (χ3v) is 10.6. The van der Waals surface area contributed by atoms with Crippen molar-refractivity contribution in [2.75, 3.05) is 11.9 Å². The van der Waals surface area contributed by atoms with Crippen molar-refractivity contribution in [3.05, 3.63) is 182 Å². The van der Waals surface area contributed by atoms with Crippen LogP contribution in [0.1, 0.15) is 54.9 Å². The fourth-order valence-electron chi connectivity index (χ4n) is 7.43. The summed E-state index contributed by atoms with van der Waals surface area (Å²) >= 11 is 1.76. The topological polar surface area (TPSA) is 29.5 Å². The fourth-order valence-corrected chi connectivity index (χ4v) is 8.21. The largest absolute Gasteiger partial charge is 0.465 e. The lowest BCUT2D eigenvalue weighted by Crippen LogP contribution is -2.53. The normalized spacial score (nSPS) is 13.4. The highest BCUT2D eigenvalue weighted by Gasteiger charge is 2.39. The van der Waals surface area contributed by atoms with E-state index in [9.17, 15) is 4.79 Å². The lowest BCUT2D eigenvalue weighted by molar-refractivity contribution is 0.0600. The van der Waals surface area contributed by atoms with E-state index in [1.165, 1.54) is 61.5 Å². The van der Waals surface area contributed by atoms with Gasteiger partial charge in [-0.2, -0.15) is 0 Å². The van der Waals surface area contributed by atoms with Crippen molar-refractivity contribution >= 4 is 62.7 Å². The Morgan fingerprint density at radius 2 is 1.48 bits per heavy atom. The quantitative estimate of drug-likeness (QED) is 0.125. The molecular weight excluding hydrogens is 629 g/mol. The first-order valence-electron chi connectivity index (χ1n) is 17.0. The maximum Gasteiger partial charge on any atom is 0.338 e. The summed E-state index contributed by atoms with van der Waals surface area (Å²) in [5, 5.41) is 3.38. The van der Waals surface area contributed by atoms with Crippen LogP contribution >= 0.6 is 11.3 Å². The minimum Gasteiger partial charge on any atom is -0.465 e.